The fourth-order valence-corrected chi connectivity index (χ4v) is 3.67. The van der Waals surface area contributed by atoms with E-state index in [-0.39, 0.29) is 22.3 Å². The Morgan fingerprint density at radius 2 is 1.81 bits per heavy atom. The van der Waals surface area contributed by atoms with Crippen molar-refractivity contribution in [3.8, 4) is 0 Å². The molecule has 3 N–H and O–H groups in total. The van der Waals surface area contributed by atoms with Crippen molar-refractivity contribution in [3.05, 3.63) is 0 Å². The first-order valence-corrected chi connectivity index (χ1v) is 10.0. The SMILES string of the molecule is CN(C)S(=O)(=O)c1c(N)nsc1NCC(C)(C)S(C)(=O)=O. The first kappa shape index (κ1) is 18.1. The zero-order valence-corrected chi connectivity index (χ0v) is 15.0. The highest BCUT2D eigenvalue weighted by molar-refractivity contribution is 7.92. The van der Waals surface area contributed by atoms with E-state index >= 15 is 0 Å². The van der Waals surface area contributed by atoms with Crippen molar-refractivity contribution in [2.45, 2.75) is 23.5 Å². The zero-order chi connectivity index (χ0) is 16.6. The molecule has 1 rings (SSSR count). The summed E-state index contributed by atoms with van der Waals surface area (Å²) in [6.45, 7) is 3.16. The third-order valence-corrected chi connectivity index (χ3v) is 8.08. The van der Waals surface area contributed by atoms with Gasteiger partial charge < -0.3 is 11.1 Å². The van der Waals surface area contributed by atoms with Gasteiger partial charge in [0.15, 0.2) is 20.6 Å². The highest BCUT2D eigenvalue weighted by Gasteiger charge is 2.32. The molecular weight excluding hydrogens is 336 g/mol. The van der Waals surface area contributed by atoms with Crippen molar-refractivity contribution in [3.63, 3.8) is 0 Å². The van der Waals surface area contributed by atoms with E-state index < -0.39 is 24.6 Å². The first-order chi connectivity index (χ1) is 9.30. The van der Waals surface area contributed by atoms with Gasteiger partial charge in [0.1, 0.15) is 5.00 Å². The van der Waals surface area contributed by atoms with Gasteiger partial charge in [-0.15, -0.1) is 0 Å². The second-order valence-corrected chi connectivity index (χ2v) is 10.9. The maximum atomic E-state index is 12.2. The molecule has 11 heteroatoms. The zero-order valence-electron chi connectivity index (χ0n) is 12.5. The Hall–Kier alpha value is -0.910. The summed E-state index contributed by atoms with van der Waals surface area (Å²) in [4.78, 5) is -0.123. The Bertz CT molecular complexity index is 719. The van der Waals surface area contributed by atoms with E-state index in [1.165, 1.54) is 14.1 Å². The summed E-state index contributed by atoms with van der Waals surface area (Å²) in [6, 6.07) is 0. The van der Waals surface area contributed by atoms with Gasteiger partial charge in [-0.05, 0) is 25.4 Å². The summed E-state index contributed by atoms with van der Waals surface area (Å²) in [5, 5.41) is 3.07. The highest BCUT2D eigenvalue weighted by atomic mass is 32.2. The number of nitrogens with zero attached hydrogens (tertiary/aromatic N) is 2. The maximum absolute atomic E-state index is 12.2. The molecule has 0 bridgehead atoms. The van der Waals surface area contributed by atoms with E-state index in [1.807, 2.05) is 0 Å². The number of hydrogen-bond donors (Lipinski definition) is 2. The summed E-state index contributed by atoms with van der Waals surface area (Å²) >= 11 is 0.885. The summed E-state index contributed by atoms with van der Waals surface area (Å²) in [5.74, 6) is -0.103. The van der Waals surface area contributed by atoms with Gasteiger partial charge >= 0.3 is 0 Å². The van der Waals surface area contributed by atoms with Crippen LogP contribution < -0.4 is 11.1 Å². The summed E-state index contributed by atoms with van der Waals surface area (Å²) in [7, 11) is -4.28. The molecule has 8 nitrogen and oxygen atoms in total. The minimum Gasteiger partial charge on any atom is -0.382 e. The van der Waals surface area contributed by atoms with Gasteiger partial charge in [-0.3, -0.25) is 0 Å². The number of nitrogens with one attached hydrogen (secondary N) is 1. The topological polar surface area (TPSA) is 122 Å². The van der Waals surface area contributed by atoms with Crippen molar-refractivity contribution in [2.75, 3.05) is 37.9 Å². The molecule has 1 aromatic rings. The highest BCUT2D eigenvalue weighted by Crippen LogP contribution is 2.33. The molecule has 0 radical (unpaired) electrons. The van der Waals surface area contributed by atoms with Crippen LogP contribution in [0, 0.1) is 0 Å². The van der Waals surface area contributed by atoms with Gasteiger partial charge in [0.05, 0.1) is 4.75 Å². The molecule has 122 valence electrons. The second kappa shape index (κ2) is 5.71. The average Bonchev–Trinajstić information content (AvgIpc) is 2.66. The molecule has 0 atom stereocenters. The normalized spacial score (nSPS) is 13.6. The lowest BCUT2D eigenvalue weighted by molar-refractivity contribution is 0.521. The Morgan fingerprint density at radius 3 is 2.24 bits per heavy atom. The quantitative estimate of drug-likeness (QED) is 0.747. The number of sulfone groups is 1. The predicted molar refractivity (Wildman–Crippen MR) is 84.8 cm³/mol. The number of anilines is 2. The van der Waals surface area contributed by atoms with Crippen molar-refractivity contribution in [2.24, 2.45) is 0 Å². The van der Waals surface area contributed by atoms with Gasteiger partial charge in [-0.25, -0.2) is 21.1 Å². The average molecular weight is 356 g/mol. The van der Waals surface area contributed by atoms with Gasteiger partial charge in [-0.1, -0.05) is 0 Å². The fourth-order valence-electron chi connectivity index (χ4n) is 1.26. The third kappa shape index (κ3) is 3.65. The largest absolute Gasteiger partial charge is 0.382 e. The molecule has 0 saturated carbocycles. The fraction of sp³-hybridized carbons (Fsp3) is 0.700. The summed E-state index contributed by atoms with van der Waals surface area (Å²) in [6.07, 6.45) is 1.13. The van der Waals surface area contributed by atoms with Crippen LogP contribution in [0.1, 0.15) is 13.8 Å². The van der Waals surface area contributed by atoms with Crippen LogP contribution in [-0.4, -0.2) is 57.2 Å². The van der Waals surface area contributed by atoms with Gasteiger partial charge in [0, 0.05) is 26.9 Å². The van der Waals surface area contributed by atoms with Gasteiger partial charge in [0.2, 0.25) is 10.0 Å². The number of nitrogens with two attached hydrogens (primary N) is 1. The molecule has 0 saturated heterocycles. The Balaban J connectivity index is 3.15. The van der Waals surface area contributed by atoms with E-state index in [9.17, 15) is 16.8 Å². The van der Waals surface area contributed by atoms with Crippen LogP contribution in [0.5, 0.6) is 0 Å². The molecule has 0 aliphatic heterocycles. The number of sulfonamides is 1. The Kier molecular flexibility index (Phi) is 4.93. The van der Waals surface area contributed by atoms with Crippen molar-refractivity contribution < 1.29 is 16.8 Å². The molecular formula is C10H20N4O4S3. The number of hydrogen-bond acceptors (Lipinski definition) is 8. The van der Waals surface area contributed by atoms with Crippen LogP contribution in [0.15, 0.2) is 4.90 Å². The van der Waals surface area contributed by atoms with Crippen LogP contribution in [0.3, 0.4) is 0 Å². The molecule has 1 aromatic heterocycles. The third-order valence-electron chi connectivity index (χ3n) is 3.09. The number of nitrogen functional groups attached to an aromatic ring is 1. The molecule has 0 aliphatic carbocycles. The monoisotopic (exact) mass is 356 g/mol. The van der Waals surface area contributed by atoms with Crippen molar-refractivity contribution >= 4 is 42.2 Å². The molecule has 0 spiro atoms. The van der Waals surface area contributed by atoms with Crippen LogP contribution in [-0.2, 0) is 19.9 Å². The summed E-state index contributed by atoms with van der Waals surface area (Å²) < 4.78 is 51.6. The molecule has 0 aliphatic rings. The Labute approximate surface area is 129 Å². The Morgan fingerprint density at radius 1 is 1.29 bits per heavy atom. The maximum Gasteiger partial charge on any atom is 0.249 e. The minimum absolute atomic E-state index is 0.0451. The lowest BCUT2D eigenvalue weighted by Crippen LogP contribution is -2.38. The smallest absolute Gasteiger partial charge is 0.249 e. The lowest BCUT2D eigenvalue weighted by Gasteiger charge is -2.23. The van der Waals surface area contributed by atoms with Crippen molar-refractivity contribution in [1.82, 2.24) is 8.68 Å². The van der Waals surface area contributed by atoms with E-state index in [1.54, 1.807) is 13.8 Å². The van der Waals surface area contributed by atoms with E-state index in [4.69, 9.17) is 5.73 Å². The van der Waals surface area contributed by atoms with Crippen LogP contribution in [0.2, 0.25) is 0 Å². The van der Waals surface area contributed by atoms with E-state index in [0.29, 0.717) is 0 Å². The molecule has 21 heavy (non-hydrogen) atoms. The predicted octanol–water partition coefficient (Wildman–Crippen LogP) is 0.211. The molecule has 1 heterocycles. The van der Waals surface area contributed by atoms with E-state index in [2.05, 4.69) is 9.69 Å². The van der Waals surface area contributed by atoms with Crippen LogP contribution in [0.4, 0.5) is 10.8 Å². The van der Waals surface area contributed by atoms with Gasteiger partial charge in [-0.2, -0.15) is 4.37 Å². The summed E-state index contributed by atoms with van der Waals surface area (Å²) in [5.41, 5.74) is 5.63. The van der Waals surface area contributed by atoms with Gasteiger partial charge in [0.25, 0.3) is 0 Å². The molecule has 0 amide bonds. The lowest BCUT2D eigenvalue weighted by atomic mass is 10.2. The minimum atomic E-state index is -3.75. The number of aromatic nitrogens is 1. The second-order valence-electron chi connectivity index (χ2n) is 5.40. The molecule has 0 unspecified atom stereocenters. The first-order valence-electron chi connectivity index (χ1n) is 5.92. The van der Waals surface area contributed by atoms with Crippen molar-refractivity contribution in [1.29, 1.82) is 0 Å². The van der Waals surface area contributed by atoms with Crippen LogP contribution >= 0.6 is 11.5 Å². The van der Waals surface area contributed by atoms with E-state index in [0.717, 1.165) is 22.1 Å². The molecule has 0 fully saturated rings. The molecule has 0 aromatic carbocycles. The van der Waals surface area contributed by atoms with Crippen LogP contribution in [0.25, 0.3) is 0 Å². The standard InChI is InChI=1S/C10H20N4O4S3/c1-10(2,20(5,15)16)6-12-9-7(8(11)13-19-9)21(17,18)14(3)4/h12H,6H2,1-5H3,(H2,11,13). The number of rotatable bonds is 6.